The van der Waals surface area contributed by atoms with E-state index in [0.717, 1.165) is 0 Å². The average Bonchev–Trinajstić information content (AvgIpc) is 2.55. The van der Waals surface area contributed by atoms with Gasteiger partial charge in [-0.05, 0) is 30.7 Å². The summed E-state index contributed by atoms with van der Waals surface area (Å²) in [5.74, 6) is 0.320. The molecule has 3 N–H and O–H groups in total. The maximum Gasteiger partial charge on any atom is 0.326 e. The van der Waals surface area contributed by atoms with Gasteiger partial charge in [0.2, 0.25) is 0 Å². The first-order chi connectivity index (χ1) is 11.1. The molecule has 0 radical (unpaired) electrons. The van der Waals surface area contributed by atoms with Crippen molar-refractivity contribution in [3.63, 3.8) is 0 Å². The van der Waals surface area contributed by atoms with E-state index in [2.05, 4.69) is 16.0 Å². The van der Waals surface area contributed by atoms with Gasteiger partial charge in [0.15, 0.2) is 0 Å². The first-order valence-corrected chi connectivity index (χ1v) is 7.30. The average molecular weight is 337 g/mol. The van der Waals surface area contributed by atoms with Crippen LogP contribution in [0, 0.1) is 11.3 Å². The zero-order valence-electron chi connectivity index (χ0n) is 12.6. The van der Waals surface area contributed by atoms with Crippen LogP contribution in [-0.2, 0) is 4.79 Å². The summed E-state index contributed by atoms with van der Waals surface area (Å²) in [6.45, 7) is 0.528. The molecule has 0 aromatic heterocycles. The third-order valence-electron chi connectivity index (χ3n) is 2.64. The van der Waals surface area contributed by atoms with Gasteiger partial charge >= 0.3 is 6.03 Å². The van der Waals surface area contributed by atoms with E-state index in [4.69, 9.17) is 21.6 Å². The maximum atomic E-state index is 11.8. The number of alkyl halides is 1. The van der Waals surface area contributed by atoms with Crippen molar-refractivity contribution in [1.82, 2.24) is 10.6 Å². The van der Waals surface area contributed by atoms with Gasteiger partial charge in [-0.25, -0.2) is 4.79 Å². The summed E-state index contributed by atoms with van der Waals surface area (Å²) in [4.78, 5) is 23.5. The Kier molecular flexibility index (Phi) is 8.03. The summed E-state index contributed by atoms with van der Waals surface area (Å²) < 4.78 is 5.00. The van der Waals surface area contributed by atoms with Crippen LogP contribution in [0.3, 0.4) is 0 Å². The quantitative estimate of drug-likeness (QED) is 0.306. The Hall–Kier alpha value is -2.72. The molecule has 1 aromatic carbocycles. The summed E-state index contributed by atoms with van der Waals surface area (Å²) in [6.07, 6.45) is 1.94. The lowest BCUT2D eigenvalue weighted by Crippen LogP contribution is -2.35. The van der Waals surface area contributed by atoms with E-state index in [1.807, 2.05) is 0 Å². The monoisotopic (exact) mass is 336 g/mol. The van der Waals surface area contributed by atoms with Crippen molar-refractivity contribution >= 4 is 29.2 Å². The minimum Gasteiger partial charge on any atom is -0.497 e. The lowest BCUT2D eigenvalue weighted by atomic mass is 10.3. The number of halogens is 1. The molecule has 0 saturated heterocycles. The topological polar surface area (TPSA) is 103 Å². The molecule has 0 spiro atoms. The second-order valence-corrected chi connectivity index (χ2v) is 4.68. The van der Waals surface area contributed by atoms with Crippen molar-refractivity contribution in [2.24, 2.45) is 0 Å². The fourth-order valence-corrected chi connectivity index (χ4v) is 1.63. The Morgan fingerprint density at radius 1 is 1.35 bits per heavy atom. The number of carbonyl (C=O) groups is 2. The second kappa shape index (κ2) is 10.1. The van der Waals surface area contributed by atoms with E-state index in [1.54, 1.807) is 30.3 Å². The largest absolute Gasteiger partial charge is 0.497 e. The minimum atomic E-state index is -0.795. The van der Waals surface area contributed by atoms with Crippen molar-refractivity contribution in [2.45, 2.75) is 6.42 Å². The molecule has 0 bridgehead atoms. The number of anilines is 1. The van der Waals surface area contributed by atoms with E-state index < -0.39 is 11.9 Å². The summed E-state index contributed by atoms with van der Waals surface area (Å²) >= 11 is 5.51. The number of benzene rings is 1. The number of hydrogen-bond acceptors (Lipinski definition) is 5. The van der Waals surface area contributed by atoms with E-state index in [9.17, 15) is 9.59 Å². The lowest BCUT2D eigenvalue weighted by molar-refractivity contribution is -0.116. The zero-order chi connectivity index (χ0) is 17.1. The third kappa shape index (κ3) is 6.72. The van der Waals surface area contributed by atoms with Gasteiger partial charge in [-0.2, -0.15) is 5.26 Å². The van der Waals surface area contributed by atoms with Crippen molar-refractivity contribution in [1.29, 1.82) is 5.26 Å². The van der Waals surface area contributed by atoms with Gasteiger partial charge in [0.1, 0.15) is 17.4 Å². The Morgan fingerprint density at radius 3 is 2.61 bits per heavy atom. The van der Waals surface area contributed by atoms with Crippen LogP contribution < -0.4 is 20.7 Å². The molecule has 0 aliphatic heterocycles. The second-order valence-electron chi connectivity index (χ2n) is 4.30. The Balaban J connectivity index is 2.53. The number of nitrogens with one attached hydrogen (secondary N) is 3. The molecule has 1 rings (SSSR count). The highest BCUT2D eigenvalue weighted by atomic mass is 35.5. The van der Waals surface area contributed by atoms with Crippen LogP contribution in [-0.4, -0.2) is 31.5 Å². The van der Waals surface area contributed by atoms with Gasteiger partial charge < -0.3 is 15.4 Å². The molecule has 3 amide bonds. The molecule has 0 aliphatic carbocycles. The Bertz CT molecular complexity index is 608. The fraction of sp³-hybridized carbons (Fsp3) is 0.267. The zero-order valence-corrected chi connectivity index (χ0v) is 13.3. The number of urea groups is 1. The third-order valence-corrected chi connectivity index (χ3v) is 2.91. The van der Waals surface area contributed by atoms with Gasteiger partial charge in [0, 0.05) is 24.3 Å². The summed E-state index contributed by atoms with van der Waals surface area (Å²) in [5.41, 5.74) is 0.281. The number of hydrogen-bond donors (Lipinski definition) is 3. The molecule has 7 nitrogen and oxygen atoms in total. The SMILES string of the molecule is COc1ccc(NC(=O)NC(=O)/C(C#N)=C\NCCCCl)cc1. The van der Waals surface area contributed by atoms with E-state index >= 15 is 0 Å². The number of ether oxygens (including phenoxy) is 1. The minimum absolute atomic E-state index is 0.204. The smallest absolute Gasteiger partial charge is 0.326 e. The molecule has 1 aromatic rings. The predicted octanol–water partition coefficient (Wildman–Crippen LogP) is 1.97. The maximum absolute atomic E-state index is 11.8. The summed E-state index contributed by atoms with van der Waals surface area (Å²) in [7, 11) is 1.53. The van der Waals surface area contributed by atoms with Crippen molar-refractivity contribution in [3.8, 4) is 11.8 Å². The number of carbonyl (C=O) groups excluding carboxylic acids is 2. The van der Waals surface area contributed by atoms with Crippen molar-refractivity contribution in [3.05, 3.63) is 36.0 Å². The molecular weight excluding hydrogens is 320 g/mol. The number of methoxy groups -OCH3 is 1. The van der Waals surface area contributed by atoms with Crippen LogP contribution in [0.1, 0.15) is 6.42 Å². The first-order valence-electron chi connectivity index (χ1n) is 6.76. The standard InChI is InChI=1S/C15H17ClN4O3/c1-23-13-5-3-12(4-6-13)19-15(22)20-14(21)11(9-17)10-18-8-2-7-16/h3-6,10,18H,2,7-8H2,1H3,(H2,19,20,21,22)/b11-10-. The molecule has 0 saturated carbocycles. The lowest BCUT2D eigenvalue weighted by Gasteiger charge is -2.07. The van der Waals surface area contributed by atoms with Crippen LogP contribution in [0.15, 0.2) is 36.0 Å². The molecule has 0 fully saturated rings. The van der Waals surface area contributed by atoms with Crippen LogP contribution in [0.2, 0.25) is 0 Å². The molecule has 0 heterocycles. The van der Waals surface area contributed by atoms with Gasteiger partial charge in [0.25, 0.3) is 5.91 Å². The molecule has 122 valence electrons. The highest BCUT2D eigenvalue weighted by Gasteiger charge is 2.12. The number of amides is 3. The molecule has 0 aliphatic rings. The number of nitrogens with zero attached hydrogens (tertiary/aromatic N) is 1. The summed E-state index contributed by atoms with van der Waals surface area (Å²) in [6, 6.07) is 7.56. The van der Waals surface area contributed by atoms with Crippen LogP contribution in [0.5, 0.6) is 5.75 Å². The van der Waals surface area contributed by atoms with Crippen LogP contribution in [0.4, 0.5) is 10.5 Å². The normalized spacial score (nSPS) is 10.4. The van der Waals surface area contributed by atoms with Crippen molar-refractivity contribution in [2.75, 3.05) is 24.9 Å². The van der Waals surface area contributed by atoms with E-state index in [1.165, 1.54) is 13.3 Å². The molecule has 23 heavy (non-hydrogen) atoms. The fourth-order valence-electron chi connectivity index (χ4n) is 1.50. The molecule has 0 unspecified atom stereocenters. The van der Waals surface area contributed by atoms with Gasteiger partial charge in [-0.1, -0.05) is 0 Å². The number of nitriles is 1. The molecule has 8 heteroatoms. The first kappa shape index (κ1) is 18.3. The number of rotatable bonds is 7. The van der Waals surface area contributed by atoms with Crippen LogP contribution in [0.25, 0.3) is 0 Å². The van der Waals surface area contributed by atoms with Crippen LogP contribution >= 0.6 is 11.6 Å². The van der Waals surface area contributed by atoms with Gasteiger partial charge in [-0.3, -0.25) is 10.1 Å². The van der Waals surface area contributed by atoms with Gasteiger partial charge in [-0.15, -0.1) is 11.6 Å². The predicted molar refractivity (Wildman–Crippen MR) is 87.2 cm³/mol. The Labute approximate surface area is 139 Å². The number of imide groups is 1. The van der Waals surface area contributed by atoms with Crippen molar-refractivity contribution < 1.29 is 14.3 Å². The van der Waals surface area contributed by atoms with E-state index in [-0.39, 0.29) is 5.57 Å². The highest BCUT2D eigenvalue weighted by molar-refractivity contribution is 6.17. The highest BCUT2D eigenvalue weighted by Crippen LogP contribution is 2.14. The Morgan fingerprint density at radius 2 is 2.04 bits per heavy atom. The summed E-state index contributed by atoms with van der Waals surface area (Å²) in [5, 5.41) is 16.3. The van der Waals surface area contributed by atoms with Gasteiger partial charge in [0.05, 0.1) is 7.11 Å². The van der Waals surface area contributed by atoms with E-state index in [0.29, 0.717) is 30.3 Å². The molecular formula is C15H17ClN4O3. The molecule has 0 atom stereocenters.